The van der Waals surface area contributed by atoms with Gasteiger partial charge in [0.2, 0.25) is 0 Å². The van der Waals surface area contributed by atoms with Gasteiger partial charge in [0, 0.05) is 11.3 Å². The third kappa shape index (κ3) is 2.69. The highest BCUT2D eigenvalue weighted by atomic mass is 19.1. The van der Waals surface area contributed by atoms with Gasteiger partial charge >= 0.3 is 0 Å². The van der Waals surface area contributed by atoms with E-state index >= 15 is 0 Å². The van der Waals surface area contributed by atoms with Crippen molar-refractivity contribution in [2.24, 2.45) is 0 Å². The summed E-state index contributed by atoms with van der Waals surface area (Å²) in [5, 5.41) is 9.14. The van der Waals surface area contributed by atoms with Gasteiger partial charge in [0.15, 0.2) is 5.82 Å². The van der Waals surface area contributed by atoms with Gasteiger partial charge in [0.25, 0.3) is 5.91 Å². The SMILES string of the molecule is CC1=C(C(=O)Nc2ccc(F)c(-c3ncn[nH]3)c2)CCC1. The first-order valence-corrected chi connectivity index (χ1v) is 6.80. The van der Waals surface area contributed by atoms with Crippen molar-refractivity contribution >= 4 is 11.6 Å². The molecule has 2 N–H and O–H groups in total. The molecule has 1 aromatic carbocycles. The number of rotatable bonds is 3. The Balaban J connectivity index is 1.85. The van der Waals surface area contributed by atoms with E-state index in [1.807, 2.05) is 6.92 Å². The van der Waals surface area contributed by atoms with Crippen LogP contribution in [0, 0.1) is 5.82 Å². The molecule has 1 aromatic heterocycles. The summed E-state index contributed by atoms with van der Waals surface area (Å²) in [5.74, 6) is -0.194. The molecule has 0 saturated heterocycles. The number of allylic oxidation sites excluding steroid dienone is 1. The Morgan fingerprint density at radius 1 is 1.38 bits per heavy atom. The van der Waals surface area contributed by atoms with Crippen LogP contribution in [-0.4, -0.2) is 21.1 Å². The van der Waals surface area contributed by atoms with Crippen molar-refractivity contribution in [3.8, 4) is 11.4 Å². The van der Waals surface area contributed by atoms with E-state index in [4.69, 9.17) is 0 Å². The number of amides is 1. The normalized spacial score (nSPS) is 14.6. The lowest BCUT2D eigenvalue weighted by Gasteiger charge is -2.08. The minimum Gasteiger partial charge on any atom is -0.322 e. The van der Waals surface area contributed by atoms with Crippen LogP contribution in [0.25, 0.3) is 11.4 Å². The molecule has 0 radical (unpaired) electrons. The van der Waals surface area contributed by atoms with E-state index < -0.39 is 5.82 Å². The number of nitrogens with zero attached hydrogens (tertiary/aromatic N) is 2. The molecule has 0 fully saturated rings. The van der Waals surface area contributed by atoms with Gasteiger partial charge in [0.05, 0.1) is 5.56 Å². The number of aromatic amines is 1. The molecule has 1 aliphatic rings. The summed E-state index contributed by atoms with van der Waals surface area (Å²) in [7, 11) is 0. The van der Waals surface area contributed by atoms with Crippen LogP contribution in [0.4, 0.5) is 10.1 Å². The highest BCUT2D eigenvalue weighted by molar-refractivity contribution is 6.04. The molecule has 108 valence electrons. The van der Waals surface area contributed by atoms with Crippen LogP contribution in [0.1, 0.15) is 26.2 Å². The number of aromatic nitrogens is 3. The maximum Gasteiger partial charge on any atom is 0.251 e. The number of halogens is 1. The van der Waals surface area contributed by atoms with Gasteiger partial charge < -0.3 is 5.32 Å². The van der Waals surface area contributed by atoms with E-state index in [-0.39, 0.29) is 11.5 Å². The molecule has 5 nitrogen and oxygen atoms in total. The average Bonchev–Trinajstić information content (AvgIpc) is 3.12. The molecule has 2 aromatic rings. The van der Waals surface area contributed by atoms with E-state index in [1.54, 1.807) is 6.07 Å². The summed E-state index contributed by atoms with van der Waals surface area (Å²) in [4.78, 5) is 16.1. The Morgan fingerprint density at radius 3 is 2.90 bits per heavy atom. The predicted molar refractivity (Wildman–Crippen MR) is 77.0 cm³/mol. The van der Waals surface area contributed by atoms with E-state index in [2.05, 4.69) is 20.5 Å². The van der Waals surface area contributed by atoms with Gasteiger partial charge in [-0.15, -0.1) is 0 Å². The number of H-pyrrole nitrogens is 1. The van der Waals surface area contributed by atoms with Crippen LogP contribution in [0.5, 0.6) is 0 Å². The van der Waals surface area contributed by atoms with E-state index in [1.165, 1.54) is 18.5 Å². The van der Waals surface area contributed by atoms with Gasteiger partial charge in [-0.25, -0.2) is 9.37 Å². The fourth-order valence-electron chi connectivity index (χ4n) is 2.53. The largest absolute Gasteiger partial charge is 0.322 e. The molecule has 0 saturated carbocycles. The third-order valence-corrected chi connectivity index (χ3v) is 3.66. The average molecular weight is 286 g/mol. The van der Waals surface area contributed by atoms with Crippen LogP contribution in [0.15, 0.2) is 35.7 Å². The molecule has 21 heavy (non-hydrogen) atoms. The number of nitrogens with one attached hydrogen (secondary N) is 2. The number of carbonyl (C=O) groups excluding carboxylic acids is 1. The molecule has 0 aliphatic heterocycles. The van der Waals surface area contributed by atoms with Crippen molar-refractivity contribution in [1.82, 2.24) is 15.2 Å². The fraction of sp³-hybridized carbons (Fsp3) is 0.267. The summed E-state index contributed by atoms with van der Waals surface area (Å²) in [5.41, 5.74) is 2.79. The minimum atomic E-state index is -0.416. The van der Waals surface area contributed by atoms with Crippen molar-refractivity contribution in [2.45, 2.75) is 26.2 Å². The van der Waals surface area contributed by atoms with Crippen LogP contribution in [-0.2, 0) is 4.79 Å². The minimum absolute atomic E-state index is 0.111. The lowest BCUT2D eigenvalue weighted by Crippen LogP contribution is -2.14. The monoisotopic (exact) mass is 286 g/mol. The second kappa shape index (κ2) is 5.47. The van der Waals surface area contributed by atoms with Crippen molar-refractivity contribution in [3.63, 3.8) is 0 Å². The lowest BCUT2D eigenvalue weighted by atomic mass is 10.1. The van der Waals surface area contributed by atoms with E-state index in [0.29, 0.717) is 11.5 Å². The van der Waals surface area contributed by atoms with Gasteiger partial charge in [0.1, 0.15) is 12.1 Å². The molecule has 1 aliphatic carbocycles. The predicted octanol–water partition coefficient (Wildman–Crippen LogP) is 3.05. The number of benzene rings is 1. The summed E-state index contributed by atoms with van der Waals surface area (Å²) >= 11 is 0. The summed E-state index contributed by atoms with van der Waals surface area (Å²) in [6, 6.07) is 4.40. The number of anilines is 1. The topological polar surface area (TPSA) is 70.7 Å². The van der Waals surface area contributed by atoms with Crippen LogP contribution in [0.2, 0.25) is 0 Å². The fourth-order valence-corrected chi connectivity index (χ4v) is 2.53. The molecule has 1 heterocycles. The zero-order valence-corrected chi connectivity index (χ0v) is 11.6. The Labute approximate surface area is 121 Å². The zero-order chi connectivity index (χ0) is 14.8. The zero-order valence-electron chi connectivity index (χ0n) is 11.6. The van der Waals surface area contributed by atoms with Gasteiger partial charge in [-0.2, -0.15) is 5.10 Å². The third-order valence-electron chi connectivity index (χ3n) is 3.66. The Kier molecular flexibility index (Phi) is 3.51. The summed E-state index contributed by atoms with van der Waals surface area (Å²) < 4.78 is 13.8. The van der Waals surface area contributed by atoms with Gasteiger partial charge in [-0.05, 0) is 44.4 Å². The van der Waals surface area contributed by atoms with Crippen molar-refractivity contribution in [2.75, 3.05) is 5.32 Å². The molecule has 3 rings (SSSR count). The van der Waals surface area contributed by atoms with Crippen molar-refractivity contribution < 1.29 is 9.18 Å². The smallest absolute Gasteiger partial charge is 0.251 e. The molecule has 1 amide bonds. The van der Waals surface area contributed by atoms with Gasteiger partial charge in [-0.1, -0.05) is 5.57 Å². The molecule has 0 unspecified atom stereocenters. The first kappa shape index (κ1) is 13.5. The first-order chi connectivity index (χ1) is 10.1. The first-order valence-electron chi connectivity index (χ1n) is 6.80. The molecular weight excluding hydrogens is 271 g/mol. The van der Waals surface area contributed by atoms with Crippen molar-refractivity contribution in [1.29, 1.82) is 0 Å². The number of hydrogen-bond donors (Lipinski definition) is 2. The van der Waals surface area contributed by atoms with Crippen LogP contribution in [0.3, 0.4) is 0 Å². The number of carbonyl (C=O) groups is 1. The maximum atomic E-state index is 13.8. The van der Waals surface area contributed by atoms with Gasteiger partial charge in [-0.3, -0.25) is 9.89 Å². The second-order valence-electron chi connectivity index (χ2n) is 5.10. The van der Waals surface area contributed by atoms with Crippen molar-refractivity contribution in [3.05, 3.63) is 41.5 Å². The molecule has 0 bridgehead atoms. The molecule has 6 heteroatoms. The molecular formula is C15H15FN4O. The number of hydrogen-bond acceptors (Lipinski definition) is 3. The van der Waals surface area contributed by atoms with E-state index in [0.717, 1.165) is 30.4 Å². The molecule has 0 spiro atoms. The second-order valence-corrected chi connectivity index (χ2v) is 5.10. The Morgan fingerprint density at radius 2 is 2.24 bits per heavy atom. The Hall–Kier alpha value is -2.50. The quantitative estimate of drug-likeness (QED) is 0.911. The highest BCUT2D eigenvalue weighted by Crippen LogP contribution is 2.27. The maximum absolute atomic E-state index is 13.8. The summed E-state index contributed by atoms with van der Waals surface area (Å²) in [6.07, 6.45) is 4.09. The van der Waals surface area contributed by atoms with Crippen LogP contribution < -0.4 is 5.32 Å². The Bertz CT molecular complexity index is 706. The van der Waals surface area contributed by atoms with E-state index in [9.17, 15) is 9.18 Å². The lowest BCUT2D eigenvalue weighted by molar-refractivity contribution is -0.113. The molecule has 0 atom stereocenters. The van der Waals surface area contributed by atoms with Crippen LogP contribution >= 0.6 is 0 Å². The highest BCUT2D eigenvalue weighted by Gasteiger charge is 2.18. The summed E-state index contributed by atoms with van der Waals surface area (Å²) in [6.45, 7) is 1.98. The standard InChI is InChI=1S/C15H15FN4O/c1-9-3-2-4-11(9)15(21)19-10-5-6-13(16)12(7-10)14-17-8-18-20-14/h5-8H,2-4H2,1H3,(H,19,21)(H,17,18,20).